The highest BCUT2D eigenvalue weighted by molar-refractivity contribution is 7.98. The fraction of sp³-hybridized carbons (Fsp3) is 0.296. The molecule has 1 heterocycles. The lowest BCUT2D eigenvalue weighted by molar-refractivity contribution is 0.253. The van der Waals surface area contributed by atoms with Gasteiger partial charge in [0.1, 0.15) is 4.90 Å². The van der Waals surface area contributed by atoms with Crippen molar-refractivity contribution in [3.8, 4) is 11.1 Å². The maximum absolute atomic E-state index is 14.1. The van der Waals surface area contributed by atoms with Crippen molar-refractivity contribution in [3.05, 3.63) is 66.7 Å². The van der Waals surface area contributed by atoms with Gasteiger partial charge >= 0.3 is 6.03 Å². The molecule has 1 unspecified atom stereocenters. The Balaban J connectivity index is 1.95. The van der Waals surface area contributed by atoms with Gasteiger partial charge in [-0.15, -0.1) is 11.8 Å². The number of nitrogens with two attached hydrogens (primary N) is 1. The van der Waals surface area contributed by atoms with Crippen molar-refractivity contribution >= 4 is 44.9 Å². The van der Waals surface area contributed by atoms with Gasteiger partial charge in [0.2, 0.25) is 10.0 Å². The third kappa shape index (κ3) is 5.27. The van der Waals surface area contributed by atoms with E-state index in [1.807, 2.05) is 48.7 Å². The number of urea groups is 1. The van der Waals surface area contributed by atoms with E-state index in [2.05, 4.69) is 17.0 Å². The maximum atomic E-state index is 14.1. The van der Waals surface area contributed by atoms with Crippen molar-refractivity contribution in [2.75, 3.05) is 29.8 Å². The summed E-state index contributed by atoms with van der Waals surface area (Å²) >= 11 is 1.51. The number of nitrogens with one attached hydrogen (secondary N) is 1. The Hall–Kier alpha value is -3.41. The molecule has 3 N–H and O–H groups in total. The number of nitrogens with zero attached hydrogens (tertiary/aromatic N) is 4. The average Bonchev–Trinajstić information content (AvgIpc) is 3.00. The fourth-order valence-corrected chi connectivity index (χ4v) is 6.94. The molecule has 3 aromatic rings. The minimum Gasteiger partial charge on any atom is -0.350 e. The van der Waals surface area contributed by atoms with Crippen LogP contribution in [-0.4, -0.2) is 44.6 Å². The zero-order valence-electron chi connectivity index (χ0n) is 21.7. The van der Waals surface area contributed by atoms with Crippen LogP contribution < -0.4 is 15.6 Å². The first-order valence-electron chi connectivity index (χ1n) is 12.3. The van der Waals surface area contributed by atoms with Crippen LogP contribution in [0.1, 0.15) is 26.2 Å². The number of likely N-dealkylation sites (N-methyl/N-ethyl adjacent to an activating group) is 1. The molecule has 1 aliphatic heterocycles. The monoisotopic (exact) mass is 552 g/mol. The molecule has 0 saturated carbocycles. The number of sulfonamides is 1. The smallest absolute Gasteiger partial charge is 0.341 e. The minimum atomic E-state index is -3.83. The van der Waals surface area contributed by atoms with Crippen LogP contribution in [0.4, 0.5) is 21.9 Å². The molecule has 1 atom stereocenters. The summed E-state index contributed by atoms with van der Waals surface area (Å²) in [6.45, 7) is 2.64. The third-order valence-corrected chi connectivity index (χ3v) is 9.52. The molecule has 200 valence electrons. The van der Waals surface area contributed by atoms with E-state index >= 15 is 0 Å². The molecule has 0 saturated heterocycles. The highest BCUT2D eigenvalue weighted by Gasteiger charge is 2.37. The van der Waals surface area contributed by atoms with Crippen LogP contribution in [0.2, 0.25) is 0 Å². The number of hydrogen-bond acceptors (Lipinski definition) is 7. The third-order valence-electron chi connectivity index (χ3n) is 6.81. The van der Waals surface area contributed by atoms with Crippen LogP contribution in [0.25, 0.3) is 11.1 Å². The van der Waals surface area contributed by atoms with Gasteiger partial charge in [0, 0.05) is 30.2 Å². The summed E-state index contributed by atoms with van der Waals surface area (Å²) in [5.74, 6) is 0. The lowest BCUT2D eigenvalue weighted by atomic mass is 10.0. The Morgan fingerprint density at radius 2 is 1.89 bits per heavy atom. The molecule has 0 bridgehead atoms. The molecule has 3 aromatic carbocycles. The number of thioether (sulfide) groups is 1. The number of primary amides is 1. The molecular formula is C27H32N6O3S2. The average molecular weight is 553 g/mol. The Bertz CT molecular complexity index is 1430. The number of rotatable bonds is 8. The van der Waals surface area contributed by atoms with Gasteiger partial charge in [-0.2, -0.15) is 14.8 Å². The van der Waals surface area contributed by atoms with E-state index in [4.69, 9.17) is 11.3 Å². The second-order valence-electron chi connectivity index (χ2n) is 9.08. The number of fused-ring (bicyclic) bond motifs is 1. The van der Waals surface area contributed by atoms with E-state index in [0.717, 1.165) is 34.9 Å². The number of anilines is 3. The minimum absolute atomic E-state index is 0.195. The molecule has 4 rings (SSSR count). The predicted octanol–water partition coefficient (Wildman–Crippen LogP) is 6.24. The lowest BCUT2D eigenvalue weighted by Gasteiger charge is -2.29. The molecule has 2 amide bonds. The van der Waals surface area contributed by atoms with Gasteiger partial charge < -0.3 is 10.6 Å². The summed E-state index contributed by atoms with van der Waals surface area (Å²) in [6.07, 6.45) is 4.60. The van der Waals surface area contributed by atoms with Gasteiger partial charge in [-0.1, -0.05) is 55.3 Å². The highest BCUT2D eigenvalue weighted by atomic mass is 32.2. The molecule has 0 radical (unpaired) electrons. The summed E-state index contributed by atoms with van der Waals surface area (Å²) in [5, 5.41) is 4.00. The van der Waals surface area contributed by atoms with Crippen molar-refractivity contribution in [2.24, 2.45) is 11.0 Å². The standard InChI is InChI=1S/C27H32N6O3S2/c1-4-5-11-22-18-32(20-12-7-6-8-13-20)24-17-25(37-3)23(16-26(24)38(35,36)31(22)2)19-10-9-14-21(15-19)33(30-29)27(28)34/h6-10,12-17,22,29H,4-5,11,18H2,1-3H3,(H2,28,34). The van der Waals surface area contributed by atoms with E-state index in [0.29, 0.717) is 29.0 Å². The molecule has 1 aliphatic rings. The van der Waals surface area contributed by atoms with E-state index in [9.17, 15) is 13.2 Å². The van der Waals surface area contributed by atoms with Gasteiger partial charge in [0.25, 0.3) is 0 Å². The van der Waals surface area contributed by atoms with Crippen LogP contribution in [0.5, 0.6) is 0 Å². The normalized spacial score (nSPS) is 16.9. The van der Waals surface area contributed by atoms with Crippen LogP contribution in [0.3, 0.4) is 0 Å². The Kier molecular flexibility index (Phi) is 8.39. The quantitative estimate of drug-likeness (QED) is 0.195. The number of para-hydroxylation sites is 1. The number of unbranched alkanes of at least 4 members (excludes halogenated alkanes) is 1. The van der Waals surface area contributed by atoms with E-state index < -0.39 is 16.1 Å². The first-order chi connectivity index (χ1) is 18.2. The van der Waals surface area contributed by atoms with Crippen LogP contribution >= 0.6 is 11.8 Å². The van der Waals surface area contributed by atoms with Gasteiger partial charge in [0.05, 0.1) is 11.4 Å². The molecule has 0 fully saturated rings. The first kappa shape index (κ1) is 27.6. The molecule has 9 nitrogen and oxygen atoms in total. The van der Waals surface area contributed by atoms with Crippen molar-refractivity contribution in [2.45, 2.75) is 42.0 Å². The fourth-order valence-electron chi connectivity index (χ4n) is 4.74. The van der Waals surface area contributed by atoms with Crippen molar-refractivity contribution in [1.29, 1.82) is 5.53 Å². The predicted molar refractivity (Wildman–Crippen MR) is 153 cm³/mol. The SMILES string of the molecule is CCCCC1CN(c2ccccc2)c2cc(SC)c(-c3cccc(N(N=N)C(N)=O)c3)cc2S(=O)(=O)N1C. The Labute approximate surface area is 228 Å². The summed E-state index contributed by atoms with van der Waals surface area (Å²) in [5.41, 5.74) is 16.0. The molecular weight excluding hydrogens is 520 g/mol. The maximum Gasteiger partial charge on any atom is 0.341 e. The number of carbonyl (C=O) groups is 1. The summed E-state index contributed by atoms with van der Waals surface area (Å²) in [7, 11) is -2.16. The zero-order chi connectivity index (χ0) is 27.4. The second kappa shape index (κ2) is 11.5. The lowest BCUT2D eigenvalue weighted by Crippen LogP contribution is -2.40. The van der Waals surface area contributed by atoms with Crippen molar-refractivity contribution in [3.63, 3.8) is 0 Å². The van der Waals surface area contributed by atoms with Crippen molar-refractivity contribution in [1.82, 2.24) is 4.31 Å². The van der Waals surface area contributed by atoms with Gasteiger partial charge in [-0.25, -0.2) is 13.2 Å². The van der Waals surface area contributed by atoms with Crippen LogP contribution in [-0.2, 0) is 10.0 Å². The van der Waals surface area contributed by atoms with E-state index in [1.54, 1.807) is 31.3 Å². The zero-order valence-corrected chi connectivity index (χ0v) is 23.3. The van der Waals surface area contributed by atoms with Gasteiger partial charge in [-0.3, -0.25) is 0 Å². The molecule has 38 heavy (non-hydrogen) atoms. The summed E-state index contributed by atoms with van der Waals surface area (Å²) < 4.78 is 29.6. The summed E-state index contributed by atoms with van der Waals surface area (Å²) in [4.78, 5) is 15.0. The Morgan fingerprint density at radius 1 is 1.16 bits per heavy atom. The van der Waals surface area contributed by atoms with Crippen molar-refractivity contribution < 1.29 is 13.2 Å². The second-order valence-corrected chi connectivity index (χ2v) is 11.9. The van der Waals surface area contributed by atoms with Crippen LogP contribution in [0.15, 0.2) is 81.7 Å². The largest absolute Gasteiger partial charge is 0.350 e. The molecule has 11 heteroatoms. The number of carbonyl (C=O) groups excluding carboxylic acids is 1. The molecule has 0 aromatic heterocycles. The topological polar surface area (TPSA) is 123 Å². The molecule has 0 aliphatic carbocycles. The summed E-state index contributed by atoms with van der Waals surface area (Å²) in [6, 6.07) is 19.3. The first-order valence-corrected chi connectivity index (χ1v) is 15.0. The Morgan fingerprint density at radius 3 is 2.53 bits per heavy atom. The van der Waals surface area contributed by atoms with Crippen LogP contribution in [0, 0.1) is 5.53 Å². The molecule has 0 spiro atoms. The number of amides is 2. The van der Waals surface area contributed by atoms with Gasteiger partial charge in [0.15, 0.2) is 0 Å². The van der Waals surface area contributed by atoms with Gasteiger partial charge in [-0.05, 0) is 60.2 Å². The number of benzene rings is 3. The number of hydrogen-bond donors (Lipinski definition) is 2. The van der Waals surface area contributed by atoms with E-state index in [-0.39, 0.29) is 10.9 Å². The highest BCUT2D eigenvalue weighted by Crippen LogP contribution is 2.44. The van der Waals surface area contributed by atoms with E-state index in [1.165, 1.54) is 16.1 Å².